The molecule has 2 heterocycles. The summed E-state index contributed by atoms with van der Waals surface area (Å²) in [5, 5.41) is 4.48. The number of nitrogens with zero attached hydrogens (tertiary/aromatic N) is 3. The van der Waals surface area contributed by atoms with E-state index in [0.717, 1.165) is 43.6 Å². The fourth-order valence-corrected chi connectivity index (χ4v) is 3.45. The highest BCUT2D eigenvalue weighted by atomic mass is 19.1. The second kappa shape index (κ2) is 7.59. The first-order valence-electron chi connectivity index (χ1n) is 8.57. The van der Waals surface area contributed by atoms with E-state index in [1.165, 1.54) is 12.1 Å². The Hall–Kier alpha value is -1.83. The van der Waals surface area contributed by atoms with Crippen LogP contribution in [0.25, 0.3) is 0 Å². The molecule has 1 aliphatic heterocycles. The number of hydrogen-bond acceptors (Lipinski definition) is 4. The first kappa shape index (κ1) is 18.0. The summed E-state index contributed by atoms with van der Waals surface area (Å²) in [4.78, 5) is 2.23. The molecule has 1 aromatic carbocycles. The van der Waals surface area contributed by atoms with Gasteiger partial charge in [-0.2, -0.15) is 5.10 Å². The Bertz CT molecular complexity index is 730. The lowest BCUT2D eigenvalue weighted by Crippen LogP contribution is -2.33. The lowest BCUT2D eigenvalue weighted by Gasteiger charge is -2.25. The van der Waals surface area contributed by atoms with Crippen molar-refractivity contribution in [2.24, 2.45) is 5.92 Å². The van der Waals surface area contributed by atoms with Gasteiger partial charge in [0.2, 0.25) is 0 Å². The SMILES string of the molecule is Cc1cc(C)n(CCN(C)CC2CNNC2c2ccc(F)cc2F)n1. The number of aromatic nitrogens is 2. The van der Waals surface area contributed by atoms with Crippen LogP contribution in [0, 0.1) is 31.4 Å². The van der Waals surface area contributed by atoms with E-state index in [1.807, 2.05) is 11.6 Å². The average molecular weight is 349 g/mol. The molecule has 5 nitrogen and oxygen atoms in total. The van der Waals surface area contributed by atoms with Gasteiger partial charge in [-0.05, 0) is 33.0 Å². The van der Waals surface area contributed by atoms with E-state index in [-0.39, 0.29) is 12.0 Å². The second-order valence-electron chi connectivity index (χ2n) is 6.84. The van der Waals surface area contributed by atoms with E-state index in [4.69, 9.17) is 0 Å². The Balaban J connectivity index is 1.60. The summed E-state index contributed by atoms with van der Waals surface area (Å²) in [5.74, 6) is -0.854. The van der Waals surface area contributed by atoms with Crippen molar-refractivity contribution >= 4 is 0 Å². The third-order valence-electron chi connectivity index (χ3n) is 4.73. The smallest absolute Gasteiger partial charge is 0.130 e. The topological polar surface area (TPSA) is 45.1 Å². The average Bonchev–Trinajstić information content (AvgIpc) is 3.11. The molecule has 7 heteroatoms. The van der Waals surface area contributed by atoms with Crippen LogP contribution in [-0.4, -0.2) is 41.4 Å². The monoisotopic (exact) mass is 349 g/mol. The molecular weight excluding hydrogens is 324 g/mol. The number of hydrazine groups is 1. The standard InChI is InChI=1S/C18H25F2N5/c1-12-8-13(2)25(23-12)7-6-24(3)11-14-10-21-22-18(14)16-5-4-15(19)9-17(16)20/h4-5,8-9,14,18,21-22H,6-7,10-11H2,1-3H3. The number of halogens is 2. The van der Waals surface area contributed by atoms with E-state index in [0.29, 0.717) is 5.56 Å². The number of benzene rings is 1. The lowest BCUT2D eigenvalue weighted by atomic mass is 9.94. The Labute approximate surface area is 147 Å². The van der Waals surface area contributed by atoms with Crippen LogP contribution in [0.2, 0.25) is 0 Å². The van der Waals surface area contributed by atoms with Crippen LogP contribution in [0.3, 0.4) is 0 Å². The molecule has 3 rings (SSSR count). The van der Waals surface area contributed by atoms with E-state index in [9.17, 15) is 8.78 Å². The molecule has 2 unspecified atom stereocenters. The fraction of sp³-hybridized carbons (Fsp3) is 0.500. The number of rotatable bonds is 6. The van der Waals surface area contributed by atoms with Crippen molar-refractivity contribution in [2.45, 2.75) is 26.4 Å². The molecule has 0 spiro atoms. The third kappa shape index (κ3) is 4.23. The molecule has 1 aromatic heterocycles. The van der Waals surface area contributed by atoms with Crippen LogP contribution in [0.5, 0.6) is 0 Å². The maximum Gasteiger partial charge on any atom is 0.130 e. The van der Waals surface area contributed by atoms with E-state index < -0.39 is 11.6 Å². The Kier molecular flexibility index (Phi) is 5.46. The van der Waals surface area contributed by atoms with Crippen molar-refractivity contribution in [2.75, 3.05) is 26.7 Å². The molecule has 2 N–H and O–H groups in total. The highest BCUT2D eigenvalue weighted by Gasteiger charge is 2.31. The van der Waals surface area contributed by atoms with Crippen LogP contribution in [0.4, 0.5) is 8.78 Å². The van der Waals surface area contributed by atoms with Gasteiger partial charge in [-0.3, -0.25) is 10.1 Å². The summed E-state index contributed by atoms with van der Waals surface area (Å²) in [6.45, 7) is 7.27. The van der Waals surface area contributed by atoms with Gasteiger partial charge in [0.05, 0.1) is 18.3 Å². The van der Waals surface area contributed by atoms with Gasteiger partial charge < -0.3 is 4.90 Å². The number of hydrogen-bond donors (Lipinski definition) is 2. The maximum absolute atomic E-state index is 14.1. The number of likely N-dealkylation sites (N-methyl/N-ethyl adjacent to an activating group) is 1. The number of nitrogens with one attached hydrogen (secondary N) is 2. The van der Waals surface area contributed by atoms with Gasteiger partial charge in [0.25, 0.3) is 0 Å². The normalized spacial score (nSPS) is 20.6. The van der Waals surface area contributed by atoms with Crippen molar-refractivity contribution in [3.63, 3.8) is 0 Å². The van der Waals surface area contributed by atoms with Gasteiger partial charge in [0.15, 0.2) is 0 Å². The molecule has 136 valence electrons. The van der Waals surface area contributed by atoms with Gasteiger partial charge in [-0.25, -0.2) is 14.2 Å². The summed E-state index contributed by atoms with van der Waals surface area (Å²) < 4.78 is 29.2. The zero-order valence-electron chi connectivity index (χ0n) is 14.9. The van der Waals surface area contributed by atoms with Crippen LogP contribution in [0.1, 0.15) is 23.0 Å². The van der Waals surface area contributed by atoms with Crippen LogP contribution < -0.4 is 10.9 Å². The van der Waals surface area contributed by atoms with Crippen LogP contribution in [0.15, 0.2) is 24.3 Å². The molecule has 2 aromatic rings. The lowest BCUT2D eigenvalue weighted by molar-refractivity contribution is 0.254. The molecule has 1 aliphatic rings. The number of aryl methyl sites for hydroxylation is 2. The zero-order chi connectivity index (χ0) is 18.0. The van der Waals surface area contributed by atoms with Crippen molar-refractivity contribution in [3.05, 3.63) is 52.9 Å². The second-order valence-corrected chi connectivity index (χ2v) is 6.84. The molecule has 0 aliphatic carbocycles. The predicted octanol–water partition coefficient (Wildman–Crippen LogP) is 2.18. The Morgan fingerprint density at radius 2 is 2.08 bits per heavy atom. The highest BCUT2D eigenvalue weighted by Crippen LogP contribution is 2.27. The van der Waals surface area contributed by atoms with E-state index in [1.54, 1.807) is 0 Å². The maximum atomic E-state index is 14.1. The predicted molar refractivity (Wildman–Crippen MR) is 92.9 cm³/mol. The minimum absolute atomic E-state index is 0.170. The first-order valence-corrected chi connectivity index (χ1v) is 8.57. The van der Waals surface area contributed by atoms with E-state index in [2.05, 4.69) is 40.9 Å². The molecule has 0 amide bonds. The molecule has 2 atom stereocenters. The summed E-state index contributed by atoms with van der Waals surface area (Å²) in [6, 6.07) is 5.67. The summed E-state index contributed by atoms with van der Waals surface area (Å²) in [7, 11) is 2.06. The molecule has 0 saturated carbocycles. The molecular formula is C18H25F2N5. The molecule has 0 bridgehead atoms. The largest absolute Gasteiger partial charge is 0.304 e. The van der Waals surface area contributed by atoms with Gasteiger partial charge in [-0.1, -0.05) is 6.07 Å². The molecule has 25 heavy (non-hydrogen) atoms. The first-order chi connectivity index (χ1) is 11.9. The van der Waals surface area contributed by atoms with Crippen molar-refractivity contribution in [1.82, 2.24) is 25.5 Å². The Morgan fingerprint density at radius 3 is 2.76 bits per heavy atom. The summed E-state index contributed by atoms with van der Waals surface area (Å²) in [5.41, 5.74) is 8.90. The summed E-state index contributed by atoms with van der Waals surface area (Å²) in [6.07, 6.45) is 0. The minimum Gasteiger partial charge on any atom is -0.304 e. The van der Waals surface area contributed by atoms with Crippen molar-refractivity contribution in [1.29, 1.82) is 0 Å². The van der Waals surface area contributed by atoms with Gasteiger partial charge in [0.1, 0.15) is 11.6 Å². The quantitative estimate of drug-likeness (QED) is 0.839. The van der Waals surface area contributed by atoms with Gasteiger partial charge >= 0.3 is 0 Å². The minimum atomic E-state index is -0.550. The molecule has 0 radical (unpaired) electrons. The molecule has 1 saturated heterocycles. The van der Waals surface area contributed by atoms with Crippen molar-refractivity contribution < 1.29 is 8.78 Å². The van der Waals surface area contributed by atoms with Crippen LogP contribution >= 0.6 is 0 Å². The van der Waals surface area contributed by atoms with E-state index >= 15 is 0 Å². The fourth-order valence-electron chi connectivity index (χ4n) is 3.45. The zero-order valence-corrected chi connectivity index (χ0v) is 14.9. The van der Waals surface area contributed by atoms with Crippen molar-refractivity contribution in [3.8, 4) is 0 Å². The highest BCUT2D eigenvalue weighted by molar-refractivity contribution is 5.23. The summed E-state index contributed by atoms with van der Waals surface area (Å²) >= 11 is 0. The Morgan fingerprint density at radius 1 is 1.28 bits per heavy atom. The van der Waals surface area contributed by atoms with Gasteiger partial charge in [0, 0.05) is 42.9 Å². The molecule has 1 fully saturated rings. The third-order valence-corrected chi connectivity index (χ3v) is 4.73. The van der Waals surface area contributed by atoms with Crippen LogP contribution in [-0.2, 0) is 6.54 Å². The van der Waals surface area contributed by atoms with Gasteiger partial charge in [-0.15, -0.1) is 0 Å².